The average molecular weight is 401 g/mol. The van der Waals surface area contributed by atoms with Crippen LogP contribution in [0.3, 0.4) is 0 Å². The second-order valence-corrected chi connectivity index (χ2v) is 7.59. The Morgan fingerprint density at radius 2 is 1.75 bits per heavy atom. The van der Waals surface area contributed by atoms with Crippen LogP contribution < -0.4 is 19.4 Å². The average Bonchev–Trinajstić information content (AvgIpc) is 3.02. The number of quaternary nitrogens is 1. The molecule has 7 heteroatoms. The molecule has 1 N–H and O–H groups in total. The standard InChI is InChI=1S/C21H22ClN3O3/c1-28-18-7-3-6-17(13-18)25-20(26)14-19(21(25)27)24-10-8-23(9-11-24)16-5-2-4-15(22)12-16/h2-7,12-13,19H,8-11,14H2,1H3/p+1/t19-/m1/s1. The lowest BCUT2D eigenvalue weighted by Crippen LogP contribution is -3.19. The Kier molecular flexibility index (Phi) is 5.24. The molecule has 146 valence electrons. The van der Waals surface area contributed by atoms with Crippen molar-refractivity contribution in [1.82, 2.24) is 0 Å². The fraction of sp³-hybridized carbons (Fsp3) is 0.333. The minimum atomic E-state index is -0.319. The number of halogens is 1. The molecule has 0 spiro atoms. The lowest BCUT2D eigenvalue weighted by molar-refractivity contribution is -0.915. The smallest absolute Gasteiger partial charge is 0.292 e. The van der Waals surface area contributed by atoms with Gasteiger partial charge in [-0.3, -0.25) is 9.59 Å². The van der Waals surface area contributed by atoms with E-state index in [-0.39, 0.29) is 24.3 Å². The molecule has 1 atom stereocenters. The number of imide groups is 1. The van der Waals surface area contributed by atoms with Crippen molar-refractivity contribution in [3.63, 3.8) is 0 Å². The number of methoxy groups -OCH3 is 1. The summed E-state index contributed by atoms with van der Waals surface area (Å²) >= 11 is 6.10. The van der Waals surface area contributed by atoms with Crippen LogP contribution in [0.25, 0.3) is 0 Å². The van der Waals surface area contributed by atoms with Crippen LogP contribution in [0.15, 0.2) is 48.5 Å². The number of carbonyl (C=O) groups is 2. The molecule has 0 aliphatic carbocycles. The fourth-order valence-corrected chi connectivity index (χ4v) is 4.23. The summed E-state index contributed by atoms with van der Waals surface area (Å²) < 4.78 is 5.22. The molecular formula is C21H23ClN3O3+. The van der Waals surface area contributed by atoms with Gasteiger partial charge in [-0.25, -0.2) is 4.90 Å². The van der Waals surface area contributed by atoms with E-state index >= 15 is 0 Å². The maximum Gasteiger partial charge on any atom is 0.292 e. The summed E-state index contributed by atoms with van der Waals surface area (Å²) in [6.45, 7) is 3.27. The first kappa shape index (κ1) is 18.8. The van der Waals surface area contributed by atoms with Crippen LogP contribution >= 0.6 is 11.6 Å². The van der Waals surface area contributed by atoms with Gasteiger partial charge >= 0.3 is 0 Å². The number of nitrogens with one attached hydrogen (secondary N) is 1. The second-order valence-electron chi connectivity index (χ2n) is 7.15. The predicted molar refractivity (Wildman–Crippen MR) is 108 cm³/mol. The Morgan fingerprint density at radius 1 is 1.04 bits per heavy atom. The summed E-state index contributed by atoms with van der Waals surface area (Å²) in [5.74, 6) is 0.363. The van der Waals surface area contributed by atoms with Gasteiger partial charge < -0.3 is 14.5 Å². The lowest BCUT2D eigenvalue weighted by Gasteiger charge is -2.35. The van der Waals surface area contributed by atoms with E-state index in [1.54, 1.807) is 31.4 Å². The van der Waals surface area contributed by atoms with Crippen LogP contribution in [-0.4, -0.2) is 51.1 Å². The molecule has 2 aliphatic heterocycles. The van der Waals surface area contributed by atoms with Gasteiger partial charge in [0.05, 0.1) is 45.4 Å². The number of rotatable bonds is 4. The molecule has 0 bridgehead atoms. The Labute approximate surface area is 169 Å². The van der Waals surface area contributed by atoms with Gasteiger partial charge in [0.2, 0.25) is 5.91 Å². The van der Waals surface area contributed by atoms with Crippen molar-refractivity contribution in [1.29, 1.82) is 0 Å². The molecule has 0 radical (unpaired) electrons. The van der Waals surface area contributed by atoms with E-state index in [9.17, 15) is 9.59 Å². The maximum absolute atomic E-state index is 13.0. The Hall–Kier alpha value is -2.57. The zero-order valence-electron chi connectivity index (χ0n) is 15.7. The van der Waals surface area contributed by atoms with Crippen molar-refractivity contribution < 1.29 is 19.2 Å². The first-order valence-electron chi connectivity index (χ1n) is 9.43. The van der Waals surface area contributed by atoms with Gasteiger partial charge in [-0.1, -0.05) is 23.7 Å². The number of benzene rings is 2. The molecule has 2 aromatic rings. The van der Waals surface area contributed by atoms with Crippen LogP contribution in [0, 0.1) is 0 Å². The zero-order chi connectivity index (χ0) is 19.7. The van der Waals surface area contributed by atoms with E-state index in [0.717, 1.165) is 36.9 Å². The normalized spacial score (nSPS) is 20.7. The van der Waals surface area contributed by atoms with Crippen molar-refractivity contribution in [2.24, 2.45) is 0 Å². The molecule has 0 aromatic heterocycles. The maximum atomic E-state index is 13.0. The number of ether oxygens (including phenoxy) is 1. The third-order valence-electron chi connectivity index (χ3n) is 5.53. The molecule has 2 heterocycles. The first-order valence-corrected chi connectivity index (χ1v) is 9.80. The molecular weight excluding hydrogens is 378 g/mol. The Morgan fingerprint density at radius 3 is 2.46 bits per heavy atom. The van der Waals surface area contributed by atoms with Crippen LogP contribution in [0.4, 0.5) is 11.4 Å². The summed E-state index contributed by atoms with van der Waals surface area (Å²) in [5.41, 5.74) is 1.67. The SMILES string of the molecule is COc1cccc(N2C(=O)C[C@@H]([NH+]3CCN(c4cccc(Cl)c4)CC3)C2=O)c1. The number of carbonyl (C=O) groups excluding carboxylic acids is 2. The highest BCUT2D eigenvalue weighted by Gasteiger charge is 2.46. The largest absolute Gasteiger partial charge is 0.497 e. The van der Waals surface area contributed by atoms with E-state index in [0.29, 0.717) is 11.4 Å². The highest BCUT2D eigenvalue weighted by atomic mass is 35.5. The summed E-state index contributed by atoms with van der Waals surface area (Å²) in [5, 5.41) is 0.720. The number of hydrogen-bond acceptors (Lipinski definition) is 4. The molecule has 2 fully saturated rings. The predicted octanol–water partition coefficient (Wildman–Crippen LogP) is 1.39. The monoisotopic (exact) mass is 400 g/mol. The molecule has 2 aromatic carbocycles. The third kappa shape index (κ3) is 3.57. The Balaban J connectivity index is 1.44. The minimum Gasteiger partial charge on any atom is -0.497 e. The van der Waals surface area contributed by atoms with E-state index in [1.165, 1.54) is 9.80 Å². The molecule has 2 saturated heterocycles. The van der Waals surface area contributed by atoms with Gasteiger partial charge in [0.25, 0.3) is 5.91 Å². The molecule has 2 aliphatic rings. The van der Waals surface area contributed by atoms with Gasteiger partial charge in [-0.2, -0.15) is 0 Å². The number of anilines is 2. The highest BCUT2D eigenvalue weighted by molar-refractivity contribution is 6.30. The van der Waals surface area contributed by atoms with Gasteiger partial charge in [-0.15, -0.1) is 0 Å². The van der Waals surface area contributed by atoms with Crippen molar-refractivity contribution in [3.8, 4) is 5.75 Å². The van der Waals surface area contributed by atoms with E-state index < -0.39 is 0 Å². The van der Waals surface area contributed by atoms with Gasteiger partial charge in [0.1, 0.15) is 5.75 Å². The van der Waals surface area contributed by atoms with Crippen LogP contribution in [-0.2, 0) is 9.59 Å². The van der Waals surface area contributed by atoms with Crippen molar-refractivity contribution in [2.45, 2.75) is 12.5 Å². The number of hydrogen-bond donors (Lipinski definition) is 1. The van der Waals surface area contributed by atoms with Crippen molar-refractivity contribution in [3.05, 3.63) is 53.6 Å². The van der Waals surface area contributed by atoms with Gasteiger partial charge in [-0.05, 0) is 30.3 Å². The van der Waals surface area contributed by atoms with Crippen LogP contribution in [0.5, 0.6) is 5.75 Å². The topological polar surface area (TPSA) is 54.3 Å². The molecule has 0 saturated carbocycles. The number of piperazine rings is 1. The van der Waals surface area contributed by atoms with Crippen LogP contribution in [0.1, 0.15) is 6.42 Å². The van der Waals surface area contributed by atoms with E-state index in [1.807, 2.05) is 24.3 Å². The summed E-state index contributed by atoms with van der Waals surface area (Å²) in [4.78, 5) is 30.4. The summed E-state index contributed by atoms with van der Waals surface area (Å²) in [6, 6.07) is 14.6. The molecule has 28 heavy (non-hydrogen) atoms. The summed E-state index contributed by atoms with van der Waals surface area (Å²) in [7, 11) is 1.57. The zero-order valence-corrected chi connectivity index (χ0v) is 16.5. The number of nitrogens with zero attached hydrogens (tertiary/aromatic N) is 2. The van der Waals surface area contributed by atoms with Crippen LogP contribution in [0.2, 0.25) is 5.02 Å². The van der Waals surface area contributed by atoms with E-state index in [4.69, 9.17) is 16.3 Å². The van der Waals surface area contributed by atoms with Crippen molar-refractivity contribution >= 4 is 34.8 Å². The second kappa shape index (κ2) is 7.81. The fourth-order valence-electron chi connectivity index (χ4n) is 4.05. The third-order valence-corrected chi connectivity index (χ3v) is 5.77. The van der Waals surface area contributed by atoms with Gasteiger partial charge in [0, 0.05) is 16.8 Å². The Bertz CT molecular complexity index is 896. The quantitative estimate of drug-likeness (QED) is 0.788. The van der Waals surface area contributed by atoms with Gasteiger partial charge in [0.15, 0.2) is 6.04 Å². The molecule has 0 unspecified atom stereocenters. The summed E-state index contributed by atoms with van der Waals surface area (Å²) in [6.07, 6.45) is 0.253. The number of amides is 2. The molecule has 4 rings (SSSR count). The lowest BCUT2D eigenvalue weighted by atomic mass is 10.1. The van der Waals surface area contributed by atoms with E-state index in [2.05, 4.69) is 4.90 Å². The highest BCUT2D eigenvalue weighted by Crippen LogP contribution is 2.26. The molecule has 2 amide bonds. The minimum absolute atomic E-state index is 0.121. The molecule has 6 nitrogen and oxygen atoms in total. The van der Waals surface area contributed by atoms with Crippen molar-refractivity contribution in [2.75, 3.05) is 43.1 Å². The first-order chi connectivity index (χ1) is 13.6.